The van der Waals surface area contributed by atoms with Crippen LogP contribution in [0.4, 0.5) is 0 Å². The van der Waals surface area contributed by atoms with Crippen molar-refractivity contribution in [1.29, 1.82) is 0 Å². The number of aliphatic hydroxyl groups excluding tert-OH is 2. The number of unbranched alkanes of at least 4 members (excludes halogenated alkanes) is 27. The Morgan fingerprint density at radius 3 is 1.44 bits per heavy atom. The SMILES string of the molecule is CCCCC/C=C\C/C=C\CCCCCCCC(=O)OCCCCCCCCCCCC(=O)NC(CO)C(O)/C=C/CCCCCCCCCCCCC. The van der Waals surface area contributed by atoms with Gasteiger partial charge in [-0.3, -0.25) is 9.59 Å². The van der Waals surface area contributed by atoms with Gasteiger partial charge in [-0.05, 0) is 64.2 Å². The molecule has 0 spiro atoms. The zero-order chi connectivity index (χ0) is 39.4. The van der Waals surface area contributed by atoms with Gasteiger partial charge >= 0.3 is 5.97 Å². The molecule has 0 fully saturated rings. The van der Waals surface area contributed by atoms with E-state index in [-0.39, 0.29) is 18.5 Å². The van der Waals surface area contributed by atoms with E-state index in [9.17, 15) is 19.8 Å². The van der Waals surface area contributed by atoms with Gasteiger partial charge in [-0.2, -0.15) is 0 Å². The van der Waals surface area contributed by atoms with E-state index in [2.05, 4.69) is 43.5 Å². The van der Waals surface area contributed by atoms with Gasteiger partial charge in [0.05, 0.1) is 25.4 Å². The van der Waals surface area contributed by atoms with E-state index in [1.165, 1.54) is 135 Å². The fourth-order valence-corrected chi connectivity index (χ4v) is 6.78. The fourth-order valence-electron chi connectivity index (χ4n) is 6.78. The number of rotatable bonds is 42. The van der Waals surface area contributed by atoms with E-state index in [0.717, 1.165) is 70.6 Å². The maximum atomic E-state index is 12.4. The average molecular weight is 760 g/mol. The molecule has 0 saturated carbocycles. The highest BCUT2D eigenvalue weighted by molar-refractivity contribution is 5.76. The summed E-state index contributed by atoms with van der Waals surface area (Å²) in [7, 11) is 0. The van der Waals surface area contributed by atoms with Gasteiger partial charge in [-0.1, -0.05) is 192 Å². The van der Waals surface area contributed by atoms with Gasteiger partial charge in [0.15, 0.2) is 0 Å². The molecule has 3 N–H and O–H groups in total. The van der Waals surface area contributed by atoms with Crippen LogP contribution in [0.15, 0.2) is 36.5 Å². The van der Waals surface area contributed by atoms with Crippen LogP contribution in [-0.2, 0) is 14.3 Å². The molecule has 0 aromatic rings. The van der Waals surface area contributed by atoms with E-state index in [4.69, 9.17) is 4.74 Å². The van der Waals surface area contributed by atoms with E-state index < -0.39 is 12.1 Å². The van der Waals surface area contributed by atoms with Crippen LogP contribution in [0.2, 0.25) is 0 Å². The molecule has 316 valence electrons. The van der Waals surface area contributed by atoms with Gasteiger partial charge < -0.3 is 20.3 Å². The molecule has 2 atom stereocenters. The number of hydrogen-bond donors (Lipinski definition) is 3. The van der Waals surface area contributed by atoms with Gasteiger partial charge in [0.1, 0.15) is 0 Å². The van der Waals surface area contributed by atoms with Crippen LogP contribution >= 0.6 is 0 Å². The highest BCUT2D eigenvalue weighted by Gasteiger charge is 2.18. The molecular formula is C48H89NO5. The van der Waals surface area contributed by atoms with Crippen molar-refractivity contribution in [3.05, 3.63) is 36.5 Å². The van der Waals surface area contributed by atoms with Crippen molar-refractivity contribution >= 4 is 11.9 Å². The number of carbonyl (C=O) groups is 2. The molecule has 0 aromatic carbocycles. The maximum Gasteiger partial charge on any atom is 0.305 e. The minimum atomic E-state index is -0.862. The summed E-state index contributed by atoms with van der Waals surface area (Å²) >= 11 is 0. The predicted molar refractivity (Wildman–Crippen MR) is 232 cm³/mol. The maximum absolute atomic E-state index is 12.4. The first kappa shape index (κ1) is 52.1. The summed E-state index contributed by atoms with van der Waals surface area (Å²) in [4.78, 5) is 24.4. The highest BCUT2D eigenvalue weighted by atomic mass is 16.5. The van der Waals surface area contributed by atoms with Crippen LogP contribution in [0, 0.1) is 0 Å². The summed E-state index contributed by atoms with van der Waals surface area (Å²) in [6.07, 6.45) is 51.2. The zero-order valence-corrected chi connectivity index (χ0v) is 35.7. The van der Waals surface area contributed by atoms with Crippen LogP contribution in [0.3, 0.4) is 0 Å². The number of nitrogens with one attached hydrogen (secondary N) is 1. The van der Waals surface area contributed by atoms with Gasteiger partial charge in [-0.15, -0.1) is 0 Å². The first-order valence-electron chi connectivity index (χ1n) is 23.3. The standard InChI is InChI=1S/C48H89NO5/c1-3-5-7-9-11-13-15-17-18-20-22-26-30-34-38-42-48(53)54-43-39-35-31-27-23-25-29-33-37-41-47(52)49-45(44-50)46(51)40-36-32-28-24-21-19-16-14-12-10-8-6-4-2/h11,13,17-18,36,40,45-46,50-51H,3-10,12,14-16,19-35,37-39,41-44H2,1-2H3,(H,49,52)/b13-11-,18-17-,40-36+. The number of hydrogen-bond acceptors (Lipinski definition) is 5. The van der Waals surface area contributed by atoms with Crippen LogP contribution in [0.1, 0.15) is 232 Å². The van der Waals surface area contributed by atoms with Gasteiger partial charge in [0, 0.05) is 12.8 Å². The minimum Gasteiger partial charge on any atom is -0.466 e. The predicted octanol–water partition coefficient (Wildman–Crippen LogP) is 13.3. The van der Waals surface area contributed by atoms with Crippen LogP contribution in [-0.4, -0.2) is 47.4 Å². The van der Waals surface area contributed by atoms with E-state index in [1.807, 2.05) is 6.08 Å². The Hall–Kier alpha value is -1.92. The van der Waals surface area contributed by atoms with Crippen molar-refractivity contribution in [2.75, 3.05) is 13.2 Å². The Labute approximate surface area is 334 Å². The number of ether oxygens (including phenoxy) is 1. The van der Waals surface area contributed by atoms with Crippen molar-refractivity contribution in [2.45, 2.75) is 244 Å². The van der Waals surface area contributed by atoms with Gasteiger partial charge in [0.2, 0.25) is 5.91 Å². The van der Waals surface area contributed by atoms with Crippen LogP contribution < -0.4 is 5.32 Å². The summed E-state index contributed by atoms with van der Waals surface area (Å²) in [6.45, 7) is 4.78. The lowest BCUT2D eigenvalue weighted by atomic mass is 10.0. The quantitative estimate of drug-likeness (QED) is 0.0327. The second-order valence-electron chi connectivity index (χ2n) is 15.7. The number of aliphatic hydroxyl groups is 2. The Bertz CT molecular complexity index is 884. The van der Waals surface area contributed by atoms with E-state index in [1.54, 1.807) is 6.08 Å². The Kier molecular flexibility index (Phi) is 42.2. The molecule has 54 heavy (non-hydrogen) atoms. The normalized spacial score (nSPS) is 13.0. The summed E-state index contributed by atoms with van der Waals surface area (Å²) in [6, 6.07) is -0.648. The summed E-state index contributed by atoms with van der Waals surface area (Å²) in [5.41, 5.74) is 0. The third-order valence-corrected chi connectivity index (χ3v) is 10.4. The van der Waals surface area contributed by atoms with Crippen molar-refractivity contribution in [1.82, 2.24) is 5.32 Å². The molecule has 1 amide bonds. The molecule has 0 rings (SSSR count). The third-order valence-electron chi connectivity index (χ3n) is 10.4. The molecule has 6 heteroatoms. The van der Waals surface area contributed by atoms with Crippen molar-refractivity contribution < 1.29 is 24.5 Å². The minimum absolute atomic E-state index is 0.0423. The Morgan fingerprint density at radius 1 is 0.519 bits per heavy atom. The molecule has 0 radical (unpaired) electrons. The van der Waals surface area contributed by atoms with Gasteiger partial charge in [0.25, 0.3) is 0 Å². The number of esters is 1. The molecule has 0 aliphatic carbocycles. The zero-order valence-electron chi connectivity index (χ0n) is 35.7. The van der Waals surface area contributed by atoms with Crippen molar-refractivity contribution in [3.8, 4) is 0 Å². The average Bonchev–Trinajstić information content (AvgIpc) is 3.17. The fraction of sp³-hybridized carbons (Fsp3) is 0.833. The molecule has 2 unspecified atom stereocenters. The molecule has 0 aromatic heterocycles. The molecule has 0 heterocycles. The second-order valence-corrected chi connectivity index (χ2v) is 15.7. The topological polar surface area (TPSA) is 95.9 Å². The number of amides is 1. The van der Waals surface area contributed by atoms with E-state index in [0.29, 0.717) is 19.4 Å². The highest BCUT2D eigenvalue weighted by Crippen LogP contribution is 2.14. The molecule has 0 saturated heterocycles. The summed E-state index contributed by atoms with van der Waals surface area (Å²) in [5, 5.41) is 23.0. The Balaban J connectivity index is 3.55. The molecule has 0 bridgehead atoms. The first-order chi connectivity index (χ1) is 26.5. The Morgan fingerprint density at radius 2 is 0.926 bits per heavy atom. The molecular weight excluding hydrogens is 671 g/mol. The van der Waals surface area contributed by atoms with E-state index >= 15 is 0 Å². The molecule has 6 nitrogen and oxygen atoms in total. The summed E-state index contributed by atoms with van der Waals surface area (Å²) < 4.78 is 5.43. The van der Waals surface area contributed by atoms with Crippen LogP contribution in [0.25, 0.3) is 0 Å². The van der Waals surface area contributed by atoms with Gasteiger partial charge in [-0.25, -0.2) is 0 Å². The molecule has 0 aliphatic rings. The largest absolute Gasteiger partial charge is 0.466 e. The number of carbonyl (C=O) groups excluding carboxylic acids is 2. The monoisotopic (exact) mass is 760 g/mol. The lowest BCUT2D eigenvalue weighted by Gasteiger charge is -2.20. The lowest BCUT2D eigenvalue weighted by molar-refractivity contribution is -0.143. The lowest BCUT2D eigenvalue weighted by Crippen LogP contribution is -2.45. The third kappa shape index (κ3) is 39.8. The summed E-state index contributed by atoms with van der Waals surface area (Å²) in [5.74, 6) is -0.141. The van der Waals surface area contributed by atoms with Crippen molar-refractivity contribution in [2.24, 2.45) is 0 Å². The number of allylic oxidation sites excluding steroid dienone is 5. The smallest absolute Gasteiger partial charge is 0.305 e. The first-order valence-corrected chi connectivity index (χ1v) is 23.3. The molecule has 0 aliphatic heterocycles. The van der Waals surface area contributed by atoms with Crippen LogP contribution in [0.5, 0.6) is 0 Å². The second kappa shape index (κ2) is 43.8. The van der Waals surface area contributed by atoms with Crippen molar-refractivity contribution in [3.63, 3.8) is 0 Å².